The topological polar surface area (TPSA) is 29.1 Å². The summed E-state index contributed by atoms with van der Waals surface area (Å²) >= 11 is 3.59. The van der Waals surface area contributed by atoms with Crippen LogP contribution in [0.2, 0.25) is 0 Å². The second kappa shape index (κ2) is 7.49. The lowest BCUT2D eigenvalue weighted by Crippen LogP contribution is -2.32. The number of hydrogen-bond acceptors (Lipinski definition) is 1. The van der Waals surface area contributed by atoms with Crippen LogP contribution in [0.3, 0.4) is 0 Å². The van der Waals surface area contributed by atoms with Crippen LogP contribution in [0.15, 0.2) is 30.3 Å². The van der Waals surface area contributed by atoms with Crippen LogP contribution in [0, 0.1) is 5.92 Å². The molecule has 0 bridgehead atoms. The van der Waals surface area contributed by atoms with Crippen LogP contribution >= 0.6 is 15.9 Å². The van der Waals surface area contributed by atoms with Gasteiger partial charge in [0.2, 0.25) is 5.91 Å². The number of amides is 1. The zero-order valence-electron chi connectivity index (χ0n) is 10.4. The molecule has 0 aliphatic rings. The average Bonchev–Trinajstić information content (AvgIpc) is 2.38. The van der Waals surface area contributed by atoms with Crippen molar-refractivity contribution in [3.8, 4) is 0 Å². The number of carbonyl (C=O) groups is 1. The Morgan fingerprint density at radius 3 is 2.35 bits per heavy atom. The minimum atomic E-state index is 0.144. The van der Waals surface area contributed by atoms with Crippen LogP contribution in [0.25, 0.3) is 0 Å². The molecular weight excluding hydrogens is 278 g/mol. The summed E-state index contributed by atoms with van der Waals surface area (Å²) in [4.78, 5) is 12.0. The first-order valence-electron chi connectivity index (χ1n) is 6.15. The zero-order chi connectivity index (χ0) is 12.7. The lowest BCUT2D eigenvalue weighted by Gasteiger charge is -2.15. The Balaban J connectivity index is 2.43. The number of hydrogen-bond donors (Lipinski definition) is 1. The van der Waals surface area contributed by atoms with Gasteiger partial charge in [-0.25, -0.2) is 0 Å². The summed E-state index contributed by atoms with van der Waals surface area (Å²) in [5.41, 5.74) is 1.19. The van der Waals surface area contributed by atoms with Gasteiger partial charge in [-0.15, -0.1) is 0 Å². The fourth-order valence-corrected chi connectivity index (χ4v) is 2.24. The summed E-state index contributed by atoms with van der Waals surface area (Å²) in [6.45, 7) is 4.74. The van der Waals surface area contributed by atoms with Crippen molar-refractivity contribution in [3.63, 3.8) is 0 Å². The second-order valence-corrected chi connectivity index (χ2v) is 5.24. The highest BCUT2D eigenvalue weighted by Crippen LogP contribution is 2.21. The van der Waals surface area contributed by atoms with Crippen LogP contribution in [0.5, 0.6) is 0 Å². The number of carbonyl (C=O) groups excluding carboxylic acids is 1. The molecule has 0 spiro atoms. The molecule has 1 rings (SSSR count). The van der Waals surface area contributed by atoms with E-state index in [1.807, 2.05) is 18.2 Å². The third kappa shape index (κ3) is 4.50. The maximum atomic E-state index is 11.8. The Kier molecular flexibility index (Phi) is 6.27. The third-order valence-corrected chi connectivity index (χ3v) is 3.83. The van der Waals surface area contributed by atoms with Crippen molar-refractivity contribution in [1.29, 1.82) is 0 Å². The Morgan fingerprint density at radius 2 is 1.82 bits per heavy atom. The Bertz CT molecular complexity index is 335. The van der Waals surface area contributed by atoms with Crippen LogP contribution in [-0.2, 0) is 4.79 Å². The quantitative estimate of drug-likeness (QED) is 0.798. The van der Waals surface area contributed by atoms with Crippen LogP contribution < -0.4 is 5.32 Å². The van der Waals surface area contributed by atoms with Gasteiger partial charge in [-0.05, 0) is 18.4 Å². The number of alkyl halides is 1. The molecule has 17 heavy (non-hydrogen) atoms. The van der Waals surface area contributed by atoms with Gasteiger partial charge < -0.3 is 5.32 Å². The summed E-state index contributed by atoms with van der Waals surface area (Å²) in [6.07, 6.45) is 1.81. The van der Waals surface area contributed by atoms with Gasteiger partial charge in [0.15, 0.2) is 0 Å². The first-order chi connectivity index (χ1) is 8.19. The molecular formula is C14H20BrNO. The van der Waals surface area contributed by atoms with Gasteiger partial charge >= 0.3 is 0 Å². The molecule has 1 atom stereocenters. The number of nitrogens with one attached hydrogen (secondary N) is 1. The van der Waals surface area contributed by atoms with E-state index in [-0.39, 0.29) is 16.7 Å². The van der Waals surface area contributed by atoms with Crippen LogP contribution in [-0.4, -0.2) is 12.5 Å². The summed E-state index contributed by atoms with van der Waals surface area (Å²) in [5.74, 6) is 0.306. The summed E-state index contributed by atoms with van der Waals surface area (Å²) < 4.78 is 0. The normalized spacial score (nSPS) is 12.5. The first kappa shape index (κ1) is 14.2. The molecule has 0 fully saturated rings. The maximum absolute atomic E-state index is 11.8. The summed E-state index contributed by atoms with van der Waals surface area (Å²) in [5, 5.41) is 3.00. The van der Waals surface area contributed by atoms with E-state index in [2.05, 4.69) is 47.2 Å². The van der Waals surface area contributed by atoms with Crippen LogP contribution in [0.4, 0.5) is 0 Å². The van der Waals surface area contributed by atoms with E-state index < -0.39 is 0 Å². The van der Waals surface area contributed by atoms with E-state index in [0.717, 1.165) is 12.8 Å². The predicted molar refractivity (Wildman–Crippen MR) is 75.2 cm³/mol. The molecule has 0 aliphatic carbocycles. The highest BCUT2D eigenvalue weighted by Gasteiger charge is 2.15. The van der Waals surface area contributed by atoms with Gasteiger partial charge in [0, 0.05) is 12.5 Å². The van der Waals surface area contributed by atoms with Crippen molar-refractivity contribution in [2.24, 2.45) is 5.92 Å². The molecule has 0 saturated carbocycles. The highest BCUT2D eigenvalue weighted by atomic mass is 79.9. The SMILES string of the molecule is CCC(CC)C(=O)NCC(Br)c1ccccc1. The smallest absolute Gasteiger partial charge is 0.223 e. The fourth-order valence-electron chi connectivity index (χ4n) is 1.77. The van der Waals surface area contributed by atoms with Crippen molar-refractivity contribution in [3.05, 3.63) is 35.9 Å². The van der Waals surface area contributed by atoms with Crippen molar-refractivity contribution in [2.75, 3.05) is 6.54 Å². The van der Waals surface area contributed by atoms with Gasteiger partial charge in [-0.2, -0.15) is 0 Å². The van der Waals surface area contributed by atoms with Gasteiger partial charge in [-0.1, -0.05) is 60.1 Å². The standard InChI is InChI=1S/C14H20BrNO/c1-3-11(4-2)14(17)16-10-13(15)12-8-6-5-7-9-12/h5-9,11,13H,3-4,10H2,1-2H3,(H,16,17). The molecule has 0 radical (unpaired) electrons. The number of rotatable bonds is 6. The summed E-state index contributed by atoms with van der Waals surface area (Å²) in [6, 6.07) is 10.1. The monoisotopic (exact) mass is 297 g/mol. The minimum Gasteiger partial charge on any atom is -0.354 e. The second-order valence-electron chi connectivity index (χ2n) is 4.14. The zero-order valence-corrected chi connectivity index (χ0v) is 12.0. The van der Waals surface area contributed by atoms with Gasteiger partial charge in [-0.3, -0.25) is 4.79 Å². The maximum Gasteiger partial charge on any atom is 0.223 e. The Labute approximate surface area is 112 Å². The fraction of sp³-hybridized carbons (Fsp3) is 0.500. The van der Waals surface area contributed by atoms with Crippen LogP contribution in [0.1, 0.15) is 37.1 Å². The molecule has 2 nitrogen and oxygen atoms in total. The lowest BCUT2D eigenvalue weighted by molar-refractivity contribution is -0.125. The van der Waals surface area contributed by atoms with Crippen molar-refractivity contribution in [2.45, 2.75) is 31.5 Å². The van der Waals surface area contributed by atoms with Crippen molar-refractivity contribution < 1.29 is 4.79 Å². The lowest BCUT2D eigenvalue weighted by atomic mass is 10.0. The molecule has 0 aliphatic heterocycles. The minimum absolute atomic E-state index is 0.144. The van der Waals surface area contributed by atoms with Gasteiger partial charge in [0.25, 0.3) is 0 Å². The van der Waals surface area contributed by atoms with Gasteiger partial charge in [0.05, 0.1) is 4.83 Å². The predicted octanol–water partition coefficient (Wildman–Crippen LogP) is 3.68. The molecule has 0 saturated heterocycles. The molecule has 0 aromatic heterocycles. The van der Waals surface area contributed by atoms with E-state index in [0.29, 0.717) is 6.54 Å². The molecule has 94 valence electrons. The largest absolute Gasteiger partial charge is 0.354 e. The number of benzene rings is 1. The van der Waals surface area contributed by atoms with Crippen molar-refractivity contribution in [1.82, 2.24) is 5.32 Å². The third-order valence-electron chi connectivity index (χ3n) is 2.97. The molecule has 1 amide bonds. The molecule has 1 aromatic carbocycles. The Hall–Kier alpha value is -0.830. The molecule has 3 heteroatoms. The average molecular weight is 298 g/mol. The molecule has 1 unspecified atom stereocenters. The van der Waals surface area contributed by atoms with Gasteiger partial charge in [0.1, 0.15) is 0 Å². The van der Waals surface area contributed by atoms with E-state index >= 15 is 0 Å². The summed E-state index contributed by atoms with van der Waals surface area (Å²) in [7, 11) is 0. The first-order valence-corrected chi connectivity index (χ1v) is 7.07. The van der Waals surface area contributed by atoms with E-state index in [1.54, 1.807) is 0 Å². The molecule has 1 aromatic rings. The molecule has 0 heterocycles. The van der Waals surface area contributed by atoms with E-state index in [4.69, 9.17) is 0 Å². The van der Waals surface area contributed by atoms with E-state index in [1.165, 1.54) is 5.56 Å². The molecule has 1 N–H and O–H groups in total. The highest BCUT2D eigenvalue weighted by molar-refractivity contribution is 9.09. The van der Waals surface area contributed by atoms with Crippen molar-refractivity contribution >= 4 is 21.8 Å². The number of halogens is 1. The Morgan fingerprint density at radius 1 is 1.24 bits per heavy atom. The van der Waals surface area contributed by atoms with E-state index in [9.17, 15) is 4.79 Å².